The zero-order valence-electron chi connectivity index (χ0n) is 7.22. The third-order valence-corrected chi connectivity index (χ3v) is 2.41. The molecule has 0 unspecified atom stereocenters. The number of ketones is 1. The highest BCUT2D eigenvalue weighted by Crippen LogP contribution is 2.35. The SMILES string of the molecule is C/C=C1/CC2=C(CCCC2=O)O1. The lowest BCUT2D eigenvalue weighted by Crippen LogP contribution is -2.07. The molecule has 2 nitrogen and oxygen atoms in total. The highest BCUT2D eigenvalue weighted by atomic mass is 16.5. The fourth-order valence-corrected chi connectivity index (χ4v) is 1.71. The third kappa shape index (κ3) is 1.07. The van der Waals surface area contributed by atoms with E-state index in [1.807, 2.05) is 13.0 Å². The van der Waals surface area contributed by atoms with Gasteiger partial charge in [-0.05, 0) is 19.4 Å². The van der Waals surface area contributed by atoms with E-state index >= 15 is 0 Å². The summed E-state index contributed by atoms with van der Waals surface area (Å²) in [5.74, 6) is 2.16. The van der Waals surface area contributed by atoms with Crippen molar-refractivity contribution in [2.75, 3.05) is 0 Å². The van der Waals surface area contributed by atoms with E-state index in [4.69, 9.17) is 4.74 Å². The number of hydrogen-bond acceptors (Lipinski definition) is 2. The first-order valence-corrected chi connectivity index (χ1v) is 4.39. The zero-order chi connectivity index (χ0) is 8.55. The molecule has 0 aromatic rings. The van der Waals surface area contributed by atoms with Gasteiger partial charge in [0.15, 0.2) is 5.78 Å². The predicted octanol–water partition coefficient (Wildman–Crippen LogP) is 2.32. The first-order valence-electron chi connectivity index (χ1n) is 4.39. The highest BCUT2D eigenvalue weighted by molar-refractivity contribution is 5.97. The van der Waals surface area contributed by atoms with E-state index in [1.54, 1.807) is 0 Å². The van der Waals surface area contributed by atoms with Crippen molar-refractivity contribution in [2.45, 2.75) is 32.6 Å². The maximum absolute atomic E-state index is 11.4. The smallest absolute Gasteiger partial charge is 0.162 e. The molecular weight excluding hydrogens is 152 g/mol. The van der Waals surface area contributed by atoms with E-state index in [2.05, 4.69) is 0 Å². The topological polar surface area (TPSA) is 26.3 Å². The van der Waals surface area contributed by atoms with E-state index in [-0.39, 0.29) is 5.78 Å². The number of carbonyl (C=O) groups is 1. The van der Waals surface area contributed by atoms with E-state index in [1.165, 1.54) is 0 Å². The minimum absolute atomic E-state index is 0.285. The minimum atomic E-state index is 0.285. The van der Waals surface area contributed by atoms with Crippen LogP contribution in [0.2, 0.25) is 0 Å². The molecule has 12 heavy (non-hydrogen) atoms. The van der Waals surface area contributed by atoms with Crippen molar-refractivity contribution in [1.29, 1.82) is 0 Å². The van der Waals surface area contributed by atoms with Crippen molar-refractivity contribution in [3.05, 3.63) is 23.2 Å². The molecule has 0 amide bonds. The van der Waals surface area contributed by atoms with Gasteiger partial charge in [0.25, 0.3) is 0 Å². The number of hydrogen-bond donors (Lipinski definition) is 0. The zero-order valence-corrected chi connectivity index (χ0v) is 7.22. The summed E-state index contributed by atoms with van der Waals surface area (Å²) in [5.41, 5.74) is 0.925. The molecule has 0 radical (unpaired) electrons. The van der Waals surface area contributed by atoms with Crippen LogP contribution in [0, 0.1) is 0 Å². The first-order chi connectivity index (χ1) is 5.81. The number of allylic oxidation sites excluding steroid dienone is 3. The van der Waals surface area contributed by atoms with Crippen molar-refractivity contribution in [3.63, 3.8) is 0 Å². The van der Waals surface area contributed by atoms with Crippen molar-refractivity contribution in [3.8, 4) is 0 Å². The molecule has 2 rings (SSSR count). The van der Waals surface area contributed by atoms with E-state index in [0.717, 1.165) is 36.4 Å². The molecule has 0 saturated carbocycles. The average Bonchev–Trinajstić information content (AvgIpc) is 2.49. The lowest BCUT2D eigenvalue weighted by atomic mass is 9.95. The Morgan fingerprint density at radius 2 is 2.25 bits per heavy atom. The summed E-state index contributed by atoms with van der Waals surface area (Å²) >= 11 is 0. The molecule has 0 N–H and O–H groups in total. The lowest BCUT2D eigenvalue weighted by molar-refractivity contribution is -0.116. The molecular formula is C10H12O2. The molecule has 1 aliphatic heterocycles. The number of ether oxygens (including phenoxy) is 1. The Balaban J connectivity index is 2.27. The van der Waals surface area contributed by atoms with Crippen LogP contribution in [0.25, 0.3) is 0 Å². The quantitative estimate of drug-likeness (QED) is 0.549. The molecule has 1 heterocycles. The second kappa shape index (κ2) is 2.77. The van der Waals surface area contributed by atoms with Crippen LogP contribution in [0.4, 0.5) is 0 Å². The highest BCUT2D eigenvalue weighted by Gasteiger charge is 2.28. The molecule has 2 heteroatoms. The summed E-state index contributed by atoms with van der Waals surface area (Å²) in [6.45, 7) is 1.94. The first kappa shape index (κ1) is 7.59. The van der Waals surface area contributed by atoms with E-state index < -0.39 is 0 Å². The Morgan fingerprint density at radius 1 is 1.42 bits per heavy atom. The van der Waals surface area contributed by atoms with Crippen LogP contribution < -0.4 is 0 Å². The molecule has 2 aliphatic rings. The van der Waals surface area contributed by atoms with Crippen LogP contribution in [0.15, 0.2) is 23.2 Å². The Hall–Kier alpha value is -1.05. The largest absolute Gasteiger partial charge is 0.466 e. The maximum atomic E-state index is 11.4. The molecule has 1 aliphatic carbocycles. The van der Waals surface area contributed by atoms with Crippen molar-refractivity contribution < 1.29 is 9.53 Å². The minimum Gasteiger partial charge on any atom is -0.466 e. The standard InChI is InChI=1S/C10H12O2/c1-2-7-6-8-9(11)4-3-5-10(8)12-7/h2H,3-6H2,1H3/b7-2-. The molecule has 64 valence electrons. The summed E-state index contributed by atoms with van der Waals surface area (Å²) in [4.78, 5) is 11.4. The maximum Gasteiger partial charge on any atom is 0.162 e. The molecule has 0 bridgehead atoms. The number of rotatable bonds is 0. The Bertz CT molecular complexity index is 284. The number of carbonyl (C=O) groups excluding carboxylic acids is 1. The van der Waals surface area contributed by atoms with Gasteiger partial charge in [0.2, 0.25) is 0 Å². The second-order valence-electron chi connectivity index (χ2n) is 3.21. The van der Waals surface area contributed by atoms with E-state index in [0.29, 0.717) is 6.42 Å². The fourth-order valence-electron chi connectivity index (χ4n) is 1.71. The van der Waals surface area contributed by atoms with Gasteiger partial charge < -0.3 is 4.74 Å². The van der Waals surface area contributed by atoms with Crippen molar-refractivity contribution in [1.82, 2.24) is 0 Å². The summed E-state index contributed by atoms with van der Waals surface area (Å²) in [5, 5.41) is 0. The van der Waals surface area contributed by atoms with Gasteiger partial charge in [-0.25, -0.2) is 0 Å². The molecule has 0 spiro atoms. The average molecular weight is 164 g/mol. The van der Waals surface area contributed by atoms with Crippen molar-refractivity contribution in [2.24, 2.45) is 0 Å². The summed E-state index contributed by atoms with van der Waals surface area (Å²) in [6, 6.07) is 0. The van der Waals surface area contributed by atoms with Gasteiger partial charge in [-0.3, -0.25) is 4.79 Å². The van der Waals surface area contributed by atoms with Gasteiger partial charge in [0.1, 0.15) is 11.5 Å². The van der Waals surface area contributed by atoms with Gasteiger partial charge in [-0.15, -0.1) is 0 Å². The van der Waals surface area contributed by atoms with Gasteiger partial charge in [0, 0.05) is 24.8 Å². The van der Waals surface area contributed by atoms with Gasteiger partial charge in [0.05, 0.1) is 0 Å². The van der Waals surface area contributed by atoms with Crippen molar-refractivity contribution >= 4 is 5.78 Å². The molecule has 0 aromatic carbocycles. The van der Waals surface area contributed by atoms with Gasteiger partial charge in [-0.2, -0.15) is 0 Å². The lowest BCUT2D eigenvalue weighted by Gasteiger charge is -2.09. The second-order valence-corrected chi connectivity index (χ2v) is 3.21. The monoisotopic (exact) mass is 164 g/mol. The predicted molar refractivity (Wildman–Crippen MR) is 45.3 cm³/mol. The molecule has 0 saturated heterocycles. The van der Waals surface area contributed by atoms with Crippen LogP contribution in [0.5, 0.6) is 0 Å². The van der Waals surface area contributed by atoms with Gasteiger partial charge >= 0.3 is 0 Å². The van der Waals surface area contributed by atoms with Crippen LogP contribution in [0.3, 0.4) is 0 Å². The molecule has 0 fully saturated rings. The van der Waals surface area contributed by atoms with Crippen LogP contribution >= 0.6 is 0 Å². The van der Waals surface area contributed by atoms with E-state index in [9.17, 15) is 4.79 Å². The third-order valence-electron chi connectivity index (χ3n) is 2.41. The Kier molecular flexibility index (Phi) is 1.75. The summed E-state index contributed by atoms with van der Waals surface area (Å²) in [6.07, 6.45) is 5.27. The van der Waals surface area contributed by atoms with Crippen LogP contribution in [-0.2, 0) is 9.53 Å². The summed E-state index contributed by atoms with van der Waals surface area (Å²) < 4.78 is 5.50. The van der Waals surface area contributed by atoms with Gasteiger partial charge in [-0.1, -0.05) is 0 Å². The summed E-state index contributed by atoms with van der Waals surface area (Å²) in [7, 11) is 0. The number of Topliss-reactive ketones (excluding diaryl/α,β-unsaturated/α-hetero) is 1. The fraction of sp³-hybridized carbons (Fsp3) is 0.500. The molecule has 0 aromatic heterocycles. The molecule has 0 atom stereocenters. The Labute approximate surface area is 71.9 Å². The van der Waals surface area contributed by atoms with Crippen LogP contribution in [0.1, 0.15) is 32.6 Å². The van der Waals surface area contributed by atoms with Crippen LogP contribution in [-0.4, -0.2) is 5.78 Å². The normalized spacial score (nSPS) is 26.1. The Morgan fingerprint density at radius 3 is 2.92 bits per heavy atom.